The molecule has 1 amide bonds. The lowest BCUT2D eigenvalue weighted by molar-refractivity contribution is -0.143. The van der Waals surface area contributed by atoms with Gasteiger partial charge in [-0.3, -0.25) is 4.79 Å². The molecule has 0 aromatic heterocycles. The van der Waals surface area contributed by atoms with Gasteiger partial charge in [0.05, 0.1) is 4.90 Å². The molecule has 1 aliphatic rings. The lowest BCUT2D eigenvalue weighted by Gasteiger charge is -2.25. The number of hydrogen-bond acceptors (Lipinski definition) is 4. The predicted octanol–water partition coefficient (Wildman–Crippen LogP) is 1.42. The summed E-state index contributed by atoms with van der Waals surface area (Å²) in [7, 11) is -3.68. The number of sulfonamides is 1. The van der Waals surface area contributed by atoms with Crippen molar-refractivity contribution in [2.24, 2.45) is 0 Å². The number of carbonyl (C=O) groups excluding carboxylic acids is 1. The van der Waals surface area contributed by atoms with Gasteiger partial charge in [-0.05, 0) is 50.8 Å². The maximum Gasteiger partial charge on any atom is 0.329 e. The summed E-state index contributed by atoms with van der Waals surface area (Å²) in [6.45, 7) is 4.74. The van der Waals surface area contributed by atoms with E-state index in [-0.39, 0.29) is 22.9 Å². The number of carboxylic acid groups (broad SMARTS) is 1. The van der Waals surface area contributed by atoms with Gasteiger partial charge >= 0.3 is 5.97 Å². The smallest absolute Gasteiger partial charge is 0.329 e. The van der Waals surface area contributed by atoms with E-state index in [0.29, 0.717) is 5.56 Å². The number of nitrogens with one attached hydrogen (secondary N) is 2. The Labute approximate surface area is 141 Å². The molecule has 0 bridgehead atoms. The van der Waals surface area contributed by atoms with Crippen LogP contribution in [0.15, 0.2) is 23.1 Å². The molecule has 0 saturated heterocycles. The average molecular weight is 354 g/mol. The highest BCUT2D eigenvalue weighted by atomic mass is 32.2. The number of aliphatic carboxylic acids is 1. The number of amides is 1. The van der Waals surface area contributed by atoms with E-state index < -0.39 is 27.4 Å². The van der Waals surface area contributed by atoms with Crippen LogP contribution in [0.3, 0.4) is 0 Å². The fourth-order valence-corrected chi connectivity index (χ4v) is 3.44. The third kappa shape index (κ3) is 3.93. The molecule has 1 saturated carbocycles. The molecule has 2 rings (SSSR count). The Morgan fingerprint density at radius 2 is 1.96 bits per heavy atom. The zero-order chi connectivity index (χ0) is 18.1. The van der Waals surface area contributed by atoms with Gasteiger partial charge in [0.25, 0.3) is 5.91 Å². The van der Waals surface area contributed by atoms with Gasteiger partial charge in [-0.2, -0.15) is 0 Å². The standard InChI is InChI=1S/C16H22N2O5S/c1-4-16(3,15(20)21)17-14(19)13-9-12(8-5-10(13)2)24(22,23)18-11-6-7-11/h5,8-9,11,18H,4,6-7H2,1-3H3,(H,17,19)(H,20,21). The summed E-state index contributed by atoms with van der Waals surface area (Å²) in [6.07, 6.45) is 1.83. The van der Waals surface area contributed by atoms with E-state index in [1.165, 1.54) is 19.1 Å². The Hall–Kier alpha value is -1.93. The van der Waals surface area contributed by atoms with Crippen molar-refractivity contribution in [1.82, 2.24) is 10.0 Å². The maximum absolute atomic E-state index is 12.5. The molecule has 0 aliphatic heterocycles. The fraction of sp³-hybridized carbons (Fsp3) is 0.500. The molecule has 1 aliphatic carbocycles. The highest BCUT2D eigenvalue weighted by Gasteiger charge is 2.34. The van der Waals surface area contributed by atoms with Crippen molar-refractivity contribution in [3.05, 3.63) is 29.3 Å². The van der Waals surface area contributed by atoms with Crippen LogP contribution < -0.4 is 10.0 Å². The summed E-state index contributed by atoms with van der Waals surface area (Å²) in [4.78, 5) is 23.8. The fourth-order valence-electron chi connectivity index (χ4n) is 2.11. The quantitative estimate of drug-likeness (QED) is 0.685. The van der Waals surface area contributed by atoms with E-state index in [1.807, 2.05) is 0 Å². The second kappa shape index (κ2) is 6.52. The number of carbonyl (C=O) groups is 2. The van der Waals surface area contributed by atoms with Crippen LogP contribution in [0.2, 0.25) is 0 Å². The summed E-state index contributed by atoms with van der Waals surface area (Å²) in [5.74, 6) is -1.75. The second-order valence-corrected chi connectivity index (χ2v) is 8.03. The molecule has 1 fully saturated rings. The van der Waals surface area contributed by atoms with Crippen molar-refractivity contribution in [1.29, 1.82) is 0 Å². The van der Waals surface area contributed by atoms with E-state index in [2.05, 4.69) is 10.0 Å². The Kier molecular flexibility index (Phi) is 5.00. The van der Waals surface area contributed by atoms with E-state index >= 15 is 0 Å². The largest absolute Gasteiger partial charge is 0.480 e. The molecule has 3 N–H and O–H groups in total. The van der Waals surface area contributed by atoms with Crippen molar-refractivity contribution in [2.75, 3.05) is 0 Å². The highest BCUT2D eigenvalue weighted by Crippen LogP contribution is 2.23. The molecule has 8 heteroatoms. The van der Waals surface area contributed by atoms with Crippen LogP contribution in [0.4, 0.5) is 0 Å². The lowest BCUT2D eigenvalue weighted by Crippen LogP contribution is -2.51. The first-order chi connectivity index (χ1) is 11.1. The van der Waals surface area contributed by atoms with E-state index in [4.69, 9.17) is 0 Å². The third-order valence-corrected chi connectivity index (χ3v) is 5.75. The summed E-state index contributed by atoms with van der Waals surface area (Å²) >= 11 is 0. The van der Waals surface area contributed by atoms with Crippen molar-refractivity contribution < 1.29 is 23.1 Å². The van der Waals surface area contributed by atoms with Gasteiger partial charge in [0.1, 0.15) is 5.54 Å². The molecule has 0 radical (unpaired) electrons. The predicted molar refractivity (Wildman–Crippen MR) is 88.3 cm³/mol. The molecule has 0 spiro atoms. The molecule has 1 aromatic rings. The number of benzene rings is 1. The van der Waals surface area contributed by atoms with Crippen LogP contribution in [0.25, 0.3) is 0 Å². The highest BCUT2D eigenvalue weighted by molar-refractivity contribution is 7.89. The van der Waals surface area contributed by atoms with Gasteiger partial charge < -0.3 is 10.4 Å². The first kappa shape index (κ1) is 18.4. The van der Waals surface area contributed by atoms with Crippen molar-refractivity contribution in [2.45, 2.75) is 56.5 Å². The summed E-state index contributed by atoms with van der Waals surface area (Å²) in [6, 6.07) is 4.23. The van der Waals surface area contributed by atoms with Crippen LogP contribution in [0.1, 0.15) is 49.0 Å². The number of hydrogen-bond donors (Lipinski definition) is 3. The van der Waals surface area contributed by atoms with Crippen LogP contribution in [0, 0.1) is 6.92 Å². The van der Waals surface area contributed by atoms with Crippen LogP contribution in [0.5, 0.6) is 0 Å². The Balaban J connectivity index is 2.31. The second-order valence-electron chi connectivity index (χ2n) is 6.32. The minimum Gasteiger partial charge on any atom is -0.480 e. The van der Waals surface area contributed by atoms with Gasteiger partial charge in [-0.1, -0.05) is 13.0 Å². The molecule has 0 heterocycles. The molecule has 1 atom stereocenters. The minimum absolute atomic E-state index is 0.00123. The van der Waals surface area contributed by atoms with Gasteiger partial charge in [-0.15, -0.1) is 0 Å². The monoisotopic (exact) mass is 354 g/mol. The van der Waals surface area contributed by atoms with Crippen molar-refractivity contribution in [3.63, 3.8) is 0 Å². The van der Waals surface area contributed by atoms with Crippen molar-refractivity contribution in [3.8, 4) is 0 Å². The molecule has 24 heavy (non-hydrogen) atoms. The SMILES string of the molecule is CCC(C)(NC(=O)c1cc(S(=O)(=O)NC2CC2)ccc1C)C(=O)O. The molecular weight excluding hydrogens is 332 g/mol. The first-order valence-electron chi connectivity index (χ1n) is 7.78. The van der Waals surface area contributed by atoms with Gasteiger partial charge in [0.15, 0.2) is 0 Å². The number of carboxylic acids is 1. The third-order valence-electron chi connectivity index (χ3n) is 4.23. The molecule has 7 nitrogen and oxygen atoms in total. The molecule has 1 unspecified atom stereocenters. The lowest BCUT2D eigenvalue weighted by atomic mass is 9.98. The summed E-state index contributed by atoms with van der Waals surface area (Å²) in [5.41, 5.74) is -0.693. The topological polar surface area (TPSA) is 113 Å². The maximum atomic E-state index is 12.5. The molecular formula is C16H22N2O5S. The first-order valence-corrected chi connectivity index (χ1v) is 9.26. The minimum atomic E-state index is -3.68. The zero-order valence-corrected chi connectivity index (χ0v) is 14.7. The normalized spacial score (nSPS) is 17.1. The van der Waals surface area contributed by atoms with E-state index in [9.17, 15) is 23.1 Å². The Bertz CT molecular complexity index is 771. The van der Waals surface area contributed by atoms with Gasteiger partial charge in [0, 0.05) is 11.6 Å². The molecule has 1 aromatic carbocycles. The molecule has 132 valence electrons. The number of rotatable bonds is 7. The Morgan fingerprint density at radius 1 is 1.33 bits per heavy atom. The zero-order valence-electron chi connectivity index (χ0n) is 13.9. The Morgan fingerprint density at radius 3 is 2.46 bits per heavy atom. The van der Waals surface area contributed by atoms with Gasteiger partial charge in [0.2, 0.25) is 10.0 Å². The average Bonchev–Trinajstić information content (AvgIpc) is 3.30. The van der Waals surface area contributed by atoms with Crippen LogP contribution in [-0.4, -0.2) is 37.0 Å². The van der Waals surface area contributed by atoms with Crippen molar-refractivity contribution >= 4 is 21.9 Å². The van der Waals surface area contributed by atoms with E-state index in [0.717, 1.165) is 12.8 Å². The van der Waals surface area contributed by atoms with Crippen LogP contribution >= 0.6 is 0 Å². The summed E-state index contributed by atoms with van der Waals surface area (Å²) in [5, 5.41) is 11.7. The summed E-state index contributed by atoms with van der Waals surface area (Å²) < 4.78 is 27.1. The number of aryl methyl sites for hydroxylation is 1. The van der Waals surface area contributed by atoms with Crippen LogP contribution in [-0.2, 0) is 14.8 Å². The van der Waals surface area contributed by atoms with E-state index in [1.54, 1.807) is 19.9 Å². The van der Waals surface area contributed by atoms with Gasteiger partial charge in [-0.25, -0.2) is 17.9 Å².